The van der Waals surface area contributed by atoms with Crippen molar-refractivity contribution in [2.45, 2.75) is 26.3 Å². The molecule has 0 spiro atoms. The highest BCUT2D eigenvalue weighted by molar-refractivity contribution is 7.15. The molecular weight excluding hydrogens is 400 g/mol. The maximum atomic E-state index is 12.6. The van der Waals surface area contributed by atoms with Gasteiger partial charge in [0, 0.05) is 50.4 Å². The molecule has 2 aromatic heterocycles. The summed E-state index contributed by atoms with van der Waals surface area (Å²) in [5, 5.41) is 1.86. The lowest BCUT2D eigenvalue weighted by molar-refractivity contribution is -0.135. The zero-order chi connectivity index (χ0) is 21.1. The van der Waals surface area contributed by atoms with E-state index >= 15 is 0 Å². The lowest BCUT2D eigenvalue weighted by atomic mass is 10.0. The molecule has 0 radical (unpaired) electrons. The van der Waals surface area contributed by atoms with Crippen LogP contribution in [0.25, 0.3) is 4.96 Å². The fourth-order valence-electron chi connectivity index (χ4n) is 3.67. The van der Waals surface area contributed by atoms with Crippen LogP contribution in [-0.2, 0) is 11.3 Å². The monoisotopic (exact) mass is 426 g/mol. The molecule has 0 N–H and O–H groups in total. The van der Waals surface area contributed by atoms with Gasteiger partial charge in [0.15, 0.2) is 11.6 Å². The molecule has 0 unspecified atom stereocenters. The summed E-state index contributed by atoms with van der Waals surface area (Å²) in [5.74, 6) is 1.13. The molecule has 1 aliphatic heterocycles. The molecule has 3 heterocycles. The predicted molar refractivity (Wildman–Crippen MR) is 117 cm³/mol. The van der Waals surface area contributed by atoms with Crippen molar-refractivity contribution < 1.29 is 9.53 Å². The average molecular weight is 427 g/mol. The van der Waals surface area contributed by atoms with Crippen LogP contribution in [0.2, 0.25) is 0 Å². The fraction of sp³-hybridized carbons (Fsp3) is 0.409. The zero-order valence-electron chi connectivity index (χ0n) is 17.3. The first-order valence-corrected chi connectivity index (χ1v) is 11.1. The second-order valence-corrected chi connectivity index (χ2v) is 8.65. The number of para-hydroxylation sites is 1. The minimum absolute atomic E-state index is 0.00424. The van der Waals surface area contributed by atoms with Crippen molar-refractivity contribution in [1.82, 2.24) is 19.2 Å². The predicted octanol–water partition coefficient (Wildman–Crippen LogP) is 2.60. The summed E-state index contributed by atoms with van der Waals surface area (Å²) in [6.45, 7) is 7.69. The Morgan fingerprint density at radius 3 is 2.73 bits per heavy atom. The molecule has 0 saturated carbocycles. The van der Waals surface area contributed by atoms with Crippen LogP contribution in [-0.4, -0.2) is 57.9 Å². The largest absolute Gasteiger partial charge is 0.483 e. The maximum Gasteiger partial charge on any atom is 0.260 e. The van der Waals surface area contributed by atoms with E-state index in [0.29, 0.717) is 30.5 Å². The Bertz CT molecular complexity index is 1080. The molecule has 0 atom stereocenters. The minimum atomic E-state index is -0.0520. The van der Waals surface area contributed by atoms with Gasteiger partial charge < -0.3 is 9.64 Å². The number of amides is 1. The molecule has 0 bridgehead atoms. The van der Waals surface area contributed by atoms with Crippen molar-refractivity contribution in [3.63, 3.8) is 0 Å². The second-order valence-electron chi connectivity index (χ2n) is 7.78. The molecule has 1 fully saturated rings. The van der Waals surface area contributed by atoms with Gasteiger partial charge in [0.1, 0.15) is 5.75 Å². The van der Waals surface area contributed by atoms with Gasteiger partial charge in [0.2, 0.25) is 0 Å². The average Bonchev–Trinajstić information content (AvgIpc) is 3.22. The number of benzene rings is 1. The lowest BCUT2D eigenvalue weighted by Gasteiger charge is -2.34. The highest BCUT2D eigenvalue weighted by Crippen LogP contribution is 2.25. The van der Waals surface area contributed by atoms with Crippen molar-refractivity contribution in [1.29, 1.82) is 0 Å². The number of carbonyl (C=O) groups excluding carboxylic acids is 1. The Hall–Kier alpha value is -2.71. The van der Waals surface area contributed by atoms with Crippen LogP contribution >= 0.6 is 11.3 Å². The summed E-state index contributed by atoms with van der Waals surface area (Å²) in [6.07, 6.45) is 1.74. The quantitative estimate of drug-likeness (QED) is 0.606. The van der Waals surface area contributed by atoms with Gasteiger partial charge >= 0.3 is 0 Å². The molecular formula is C22H26N4O3S. The van der Waals surface area contributed by atoms with Crippen molar-refractivity contribution in [2.24, 2.45) is 0 Å². The third-order valence-corrected chi connectivity index (χ3v) is 6.12. The summed E-state index contributed by atoms with van der Waals surface area (Å²) in [5.41, 5.74) is 1.83. The van der Waals surface area contributed by atoms with Gasteiger partial charge in [-0.25, -0.2) is 4.98 Å². The van der Waals surface area contributed by atoms with Gasteiger partial charge in [0.25, 0.3) is 11.5 Å². The molecule has 0 aliphatic carbocycles. The molecule has 158 valence electrons. The molecule has 7 nitrogen and oxygen atoms in total. The Labute approximate surface area is 179 Å². The summed E-state index contributed by atoms with van der Waals surface area (Å²) >= 11 is 1.45. The highest BCUT2D eigenvalue weighted by Gasteiger charge is 2.22. The number of carbonyl (C=O) groups is 1. The number of aromatic nitrogens is 2. The number of ether oxygens (including phenoxy) is 1. The number of piperazine rings is 1. The van der Waals surface area contributed by atoms with E-state index in [0.717, 1.165) is 30.1 Å². The number of hydrogen-bond donors (Lipinski definition) is 0. The Morgan fingerprint density at radius 2 is 1.97 bits per heavy atom. The Kier molecular flexibility index (Phi) is 6.15. The van der Waals surface area contributed by atoms with E-state index in [2.05, 4.69) is 23.7 Å². The van der Waals surface area contributed by atoms with E-state index in [4.69, 9.17) is 4.74 Å². The SMILES string of the molecule is CC(C)c1ccccc1OCC(=O)N1CCN(Cc2cc(=O)n3ccsc3n2)CC1. The normalized spacial score (nSPS) is 15.1. The minimum Gasteiger partial charge on any atom is -0.483 e. The molecule has 1 aromatic carbocycles. The van der Waals surface area contributed by atoms with E-state index in [9.17, 15) is 9.59 Å². The van der Waals surface area contributed by atoms with Gasteiger partial charge in [-0.15, -0.1) is 11.3 Å². The number of rotatable bonds is 6. The van der Waals surface area contributed by atoms with Crippen LogP contribution in [0.15, 0.2) is 46.7 Å². The van der Waals surface area contributed by atoms with E-state index in [-0.39, 0.29) is 18.1 Å². The van der Waals surface area contributed by atoms with E-state index in [1.165, 1.54) is 11.3 Å². The molecule has 1 saturated heterocycles. The van der Waals surface area contributed by atoms with E-state index in [1.54, 1.807) is 16.7 Å². The van der Waals surface area contributed by atoms with Crippen LogP contribution in [0.3, 0.4) is 0 Å². The molecule has 1 aliphatic rings. The first-order valence-electron chi connectivity index (χ1n) is 10.2. The first-order chi connectivity index (χ1) is 14.5. The Morgan fingerprint density at radius 1 is 1.20 bits per heavy atom. The number of nitrogens with zero attached hydrogens (tertiary/aromatic N) is 4. The Balaban J connectivity index is 1.30. The first kappa shape index (κ1) is 20.6. The zero-order valence-corrected chi connectivity index (χ0v) is 18.1. The second kappa shape index (κ2) is 8.97. The third kappa shape index (κ3) is 4.55. The third-order valence-electron chi connectivity index (χ3n) is 5.36. The van der Waals surface area contributed by atoms with Crippen molar-refractivity contribution in [3.05, 3.63) is 63.5 Å². The number of hydrogen-bond acceptors (Lipinski definition) is 6. The van der Waals surface area contributed by atoms with E-state index < -0.39 is 0 Å². The summed E-state index contributed by atoms with van der Waals surface area (Å²) < 4.78 is 7.39. The molecule has 3 aromatic rings. The fourth-order valence-corrected chi connectivity index (χ4v) is 4.41. The lowest BCUT2D eigenvalue weighted by Crippen LogP contribution is -2.49. The van der Waals surface area contributed by atoms with Gasteiger partial charge in [0.05, 0.1) is 5.69 Å². The number of fused-ring (bicyclic) bond motifs is 1. The van der Waals surface area contributed by atoms with Crippen LogP contribution in [0.1, 0.15) is 31.0 Å². The van der Waals surface area contributed by atoms with E-state index in [1.807, 2.05) is 34.5 Å². The molecule has 1 amide bonds. The van der Waals surface area contributed by atoms with Gasteiger partial charge in [-0.2, -0.15) is 0 Å². The van der Waals surface area contributed by atoms with Gasteiger partial charge in [-0.3, -0.25) is 18.9 Å². The standard InChI is InChI=1S/C22H26N4O3S/c1-16(2)18-5-3-4-6-19(18)29-15-21(28)25-9-7-24(8-10-25)14-17-13-20(27)26-11-12-30-22(26)23-17/h3-6,11-13,16H,7-10,14-15H2,1-2H3. The van der Waals surface area contributed by atoms with Gasteiger partial charge in [-0.05, 0) is 17.5 Å². The topological polar surface area (TPSA) is 67.2 Å². The van der Waals surface area contributed by atoms with Gasteiger partial charge in [-0.1, -0.05) is 32.0 Å². The van der Waals surface area contributed by atoms with Crippen LogP contribution in [0, 0.1) is 0 Å². The van der Waals surface area contributed by atoms with Crippen LogP contribution in [0.4, 0.5) is 0 Å². The molecule has 30 heavy (non-hydrogen) atoms. The van der Waals surface area contributed by atoms with Crippen molar-refractivity contribution in [3.8, 4) is 5.75 Å². The summed E-state index contributed by atoms with van der Waals surface area (Å²) in [6, 6.07) is 9.47. The smallest absolute Gasteiger partial charge is 0.260 e. The summed E-state index contributed by atoms with van der Waals surface area (Å²) in [4.78, 5) is 34.1. The highest BCUT2D eigenvalue weighted by atomic mass is 32.1. The molecule has 4 rings (SSSR count). The number of thiazole rings is 1. The maximum absolute atomic E-state index is 12.6. The van der Waals surface area contributed by atoms with Crippen molar-refractivity contribution >= 4 is 22.2 Å². The van der Waals surface area contributed by atoms with Crippen LogP contribution in [0.5, 0.6) is 5.75 Å². The molecule has 8 heteroatoms. The van der Waals surface area contributed by atoms with Crippen LogP contribution < -0.4 is 10.3 Å². The summed E-state index contributed by atoms with van der Waals surface area (Å²) in [7, 11) is 0. The van der Waals surface area contributed by atoms with Crippen molar-refractivity contribution in [2.75, 3.05) is 32.8 Å².